The summed E-state index contributed by atoms with van der Waals surface area (Å²) in [6.45, 7) is 8.14. The van der Waals surface area contributed by atoms with Crippen LogP contribution in [0.25, 0.3) is 0 Å². The van der Waals surface area contributed by atoms with Crippen LogP contribution in [0.15, 0.2) is 18.2 Å². The number of benzene rings is 1. The zero-order valence-electron chi connectivity index (χ0n) is 13.4. The first-order chi connectivity index (χ1) is 10.1. The maximum atomic E-state index is 6.50. The van der Waals surface area contributed by atoms with Crippen LogP contribution in [0.2, 0.25) is 5.02 Å². The number of ether oxygens (including phenoxy) is 1. The highest BCUT2D eigenvalue weighted by Crippen LogP contribution is 2.33. The number of hydrogen-bond acceptors (Lipinski definition) is 3. The average Bonchev–Trinajstić information content (AvgIpc) is 2.45. The van der Waals surface area contributed by atoms with Crippen molar-refractivity contribution in [3.63, 3.8) is 0 Å². The summed E-state index contributed by atoms with van der Waals surface area (Å²) < 4.78 is 5.33. The number of hydrogen-bond donors (Lipinski definition) is 1. The van der Waals surface area contributed by atoms with Crippen molar-refractivity contribution < 1.29 is 4.74 Å². The lowest BCUT2D eigenvalue weighted by Crippen LogP contribution is -2.38. The molecule has 0 bridgehead atoms. The highest BCUT2D eigenvalue weighted by atomic mass is 35.5. The van der Waals surface area contributed by atoms with E-state index in [1.807, 2.05) is 12.1 Å². The second-order valence-corrected chi connectivity index (χ2v) is 6.60. The summed E-state index contributed by atoms with van der Waals surface area (Å²) in [6.07, 6.45) is 2.45. The maximum absolute atomic E-state index is 6.50. The first-order valence-electron chi connectivity index (χ1n) is 7.86. The number of rotatable bonds is 6. The molecule has 1 aliphatic rings. The number of methoxy groups -OCH3 is 1. The lowest BCUT2D eigenvalue weighted by molar-refractivity contribution is 0.143. The number of halogens is 1. The molecule has 0 saturated carbocycles. The molecule has 118 valence electrons. The SMILES string of the molecule is COCC1CCCN(c2c(Cl)cccc2CNC(C)C)C1. The molecular weight excluding hydrogens is 284 g/mol. The predicted octanol–water partition coefficient (Wildman–Crippen LogP) is 3.70. The molecule has 0 aliphatic carbocycles. The van der Waals surface area contributed by atoms with Crippen molar-refractivity contribution in [3.05, 3.63) is 28.8 Å². The van der Waals surface area contributed by atoms with E-state index >= 15 is 0 Å². The Hall–Kier alpha value is -0.770. The van der Waals surface area contributed by atoms with Crippen LogP contribution >= 0.6 is 11.6 Å². The minimum absolute atomic E-state index is 0.472. The van der Waals surface area contributed by atoms with Crippen LogP contribution in [0, 0.1) is 5.92 Å². The third-order valence-electron chi connectivity index (χ3n) is 4.01. The first kappa shape index (κ1) is 16.6. The Morgan fingerprint density at radius 1 is 1.43 bits per heavy atom. The molecule has 1 N–H and O–H groups in total. The quantitative estimate of drug-likeness (QED) is 0.867. The van der Waals surface area contributed by atoms with Crippen molar-refractivity contribution in [2.75, 3.05) is 31.7 Å². The van der Waals surface area contributed by atoms with E-state index in [2.05, 4.69) is 30.1 Å². The van der Waals surface area contributed by atoms with Gasteiger partial charge in [-0.05, 0) is 30.4 Å². The lowest BCUT2D eigenvalue weighted by Gasteiger charge is -2.36. The van der Waals surface area contributed by atoms with Crippen molar-refractivity contribution in [3.8, 4) is 0 Å². The van der Waals surface area contributed by atoms with Gasteiger partial charge in [0.15, 0.2) is 0 Å². The largest absolute Gasteiger partial charge is 0.384 e. The number of piperidine rings is 1. The van der Waals surface area contributed by atoms with Gasteiger partial charge in [-0.15, -0.1) is 0 Å². The number of nitrogens with one attached hydrogen (secondary N) is 1. The van der Waals surface area contributed by atoms with Gasteiger partial charge in [-0.3, -0.25) is 0 Å². The van der Waals surface area contributed by atoms with Gasteiger partial charge in [0, 0.05) is 32.8 Å². The second-order valence-electron chi connectivity index (χ2n) is 6.19. The molecule has 1 fully saturated rings. The third-order valence-corrected chi connectivity index (χ3v) is 4.31. The monoisotopic (exact) mass is 310 g/mol. The fraction of sp³-hybridized carbons (Fsp3) is 0.647. The van der Waals surface area contributed by atoms with E-state index in [1.54, 1.807) is 7.11 Å². The Morgan fingerprint density at radius 2 is 2.24 bits per heavy atom. The molecule has 1 unspecified atom stereocenters. The summed E-state index contributed by atoms with van der Waals surface area (Å²) >= 11 is 6.50. The normalized spacial score (nSPS) is 19.3. The zero-order chi connectivity index (χ0) is 15.2. The first-order valence-corrected chi connectivity index (χ1v) is 8.24. The molecule has 21 heavy (non-hydrogen) atoms. The minimum Gasteiger partial charge on any atom is -0.384 e. The molecule has 1 aliphatic heterocycles. The van der Waals surface area contributed by atoms with Crippen LogP contribution in [0.5, 0.6) is 0 Å². The van der Waals surface area contributed by atoms with E-state index in [0.717, 1.165) is 31.3 Å². The van der Waals surface area contributed by atoms with Crippen molar-refractivity contribution in [1.82, 2.24) is 5.32 Å². The number of anilines is 1. The van der Waals surface area contributed by atoms with Gasteiger partial charge in [-0.1, -0.05) is 37.6 Å². The van der Waals surface area contributed by atoms with E-state index in [-0.39, 0.29) is 0 Å². The molecule has 0 radical (unpaired) electrons. The number of nitrogens with zero attached hydrogens (tertiary/aromatic N) is 1. The van der Waals surface area contributed by atoms with Gasteiger partial charge in [0.05, 0.1) is 17.3 Å². The van der Waals surface area contributed by atoms with Crippen molar-refractivity contribution >= 4 is 17.3 Å². The van der Waals surface area contributed by atoms with E-state index in [9.17, 15) is 0 Å². The predicted molar refractivity (Wildman–Crippen MR) is 90.2 cm³/mol. The maximum Gasteiger partial charge on any atom is 0.0642 e. The van der Waals surface area contributed by atoms with Gasteiger partial charge in [-0.2, -0.15) is 0 Å². The Morgan fingerprint density at radius 3 is 2.95 bits per heavy atom. The van der Waals surface area contributed by atoms with Gasteiger partial charge in [-0.25, -0.2) is 0 Å². The van der Waals surface area contributed by atoms with E-state index in [0.29, 0.717) is 12.0 Å². The Kier molecular flexibility index (Phi) is 6.34. The molecular formula is C17H27ClN2O. The van der Waals surface area contributed by atoms with Crippen LogP contribution in [-0.4, -0.2) is 32.8 Å². The van der Waals surface area contributed by atoms with Gasteiger partial charge < -0.3 is 15.0 Å². The summed E-state index contributed by atoms with van der Waals surface area (Å²) in [5.74, 6) is 0.603. The van der Waals surface area contributed by atoms with Crippen molar-refractivity contribution in [2.45, 2.75) is 39.3 Å². The van der Waals surface area contributed by atoms with Crippen molar-refractivity contribution in [1.29, 1.82) is 0 Å². The molecule has 4 heteroatoms. The average molecular weight is 311 g/mol. The molecule has 0 amide bonds. The number of para-hydroxylation sites is 1. The highest BCUT2D eigenvalue weighted by Gasteiger charge is 2.23. The van der Waals surface area contributed by atoms with Gasteiger partial charge in [0.25, 0.3) is 0 Å². The molecule has 0 aromatic heterocycles. The molecule has 1 aromatic rings. The minimum atomic E-state index is 0.472. The standard InChI is InChI=1S/C17H27ClN2O/c1-13(2)19-10-15-7-4-8-16(18)17(15)20-9-5-6-14(11-20)12-21-3/h4,7-8,13-14,19H,5-6,9-12H2,1-3H3. The summed E-state index contributed by atoms with van der Waals surface area (Å²) in [7, 11) is 1.78. The molecule has 1 saturated heterocycles. The topological polar surface area (TPSA) is 24.5 Å². The third kappa shape index (κ3) is 4.60. The van der Waals surface area contributed by atoms with Crippen LogP contribution in [0.1, 0.15) is 32.3 Å². The fourth-order valence-electron chi connectivity index (χ4n) is 3.01. The van der Waals surface area contributed by atoms with Gasteiger partial charge >= 0.3 is 0 Å². The Bertz CT molecular complexity index is 448. The Balaban J connectivity index is 2.16. The zero-order valence-corrected chi connectivity index (χ0v) is 14.1. The van der Waals surface area contributed by atoms with E-state index in [1.165, 1.54) is 24.1 Å². The van der Waals surface area contributed by atoms with Crippen LogP contribution in [0.4, 0.5) is 5.69 Å². The summed E-state index contributed by atoms with van der Waals surface area (Å²) in [6, 6.07) is 6.69. The molecule has 1 aromatic carbocycles. The summed E-state index contributed by atoms with van der Waals surface area (Å²) in [4.78, 5) is 2.44. The van der Waals surface area contributed by atoms with Crippen LogP contribution in [0.3, 0.4) is 0 Å². The highest BCUT2D eigenvalue weighted by molar-refractivity contribution is 6.33. The van der Waals surface area contributed by atoms with E-state index in [4.69, 9.17) is 16.3 Å². The van der Waals surface area contributed by atoms with Gasteiger partial charge in [0.2, 0.25) is 0 Å². The molecule has 1 atom stereocenters. The second kappa shape index (κ2) is 8.02. The summed E-state index contributed by atoms with van der Waals surface area (Å²) in [5.41, 5.74) is 2.49. The Labute approximate surface area is 133 Å². The molecule has 1 heterocycles. The molecule has 2 rings (SSSR count). The van der Waals surface area contributed by atoms with E-state index < -0.39 is 0 Å². The molecule has 3 nitrogen and oxygen atoms in total. The van der Waals surface area contributed by atoms with Crippen LogP contribution < -0.4 is 10.2 Å². The van der Waals surface area contributed by atoms with Gasteiger partial charge in [0.1, 0.15) is 0 Å². The molecule has 0 spiro atoms. The smallest absolute Gasteiger partial charge is 0.0642 e. The van der Waals surface area contributed by atoms with Crippen molar-refractivity contribution in [2.24, 2.45) is 5.92 Å². The lowest BCUT2D eigenvalue weighted by atomic mass is 9.97. The fourth-order valence-corrected chi connectivity index (χ4v) is 3.32. The summed E-state index contributed by atoms with van der Waals surface area (Å²) in [5, 5.41) is 4.35. The van der Waals surface area contributed by atoms with Crippen LogP contribution in [-0.2, 0) is 11.3 Å².